The molecule has 4 rings (SSSR count). The average molecular weight is 422 g/mol. The Morgan fingerprint density at radius 2 is 1.77 bits per heavy atom. The molecule has 3 aromatic rings. The number of hydrogen-bond donors (Lipinski definition) is 0. The van der Waals surface area contributed by atoms with Crippen LogP contribution in [0.15, 0.2) is 64.5 Å². The number of carbonyl (C=O) groups excluding carboxylic acids is 1. The van der Waals surface area contributed by atoms with Crippen molar-refractivity contribution in [1.82, 2.24) is 14.5 Å². The van der Waals surface area contributed by atoms with Crippen molar-refractivity contribution >= 4 is 28.6 Å². The molecule has 0 saturated carbocycles. The van der Waals surface area contributed by atoms with Crippen LogP contribution in [0.3, 0.4) is 0 Å². The number of nitrogens with zero attached hydrogens (tertiary/aromatic N) is 3. The number of rotatable bonds is 6. The smallest absolute Gasteiger partial charge is 0.262 e. The van der Waals surface area contributed by atoms with E-state index in [0.717, 1.165) is 32.4 Å². The Balaban J connectivity index is 1.36. The molecule has 5 nitrogen and oxygen atoms in total. The summed E-state index contributed by atoms with van der Waals surface area (Å²) in [4.78, 5) is 32.1. The molecule has 0 N–H and O–H groups in total. The first-order valence-electron chi connectivity index (χ1n) is 10.6. The number of thioether (sulfide) groups is 1. The lowest BCUT2D eigenvalue weighted by molar-refractivity contribution is -0.129. The summed E-state index contributed by atoms with van der Waals surface area (Å²) < 4.78 is 1.66. The van der Waals surface area contributed by atoms with Crippen molar-refractivity contribution in [1.29, 1.82) is 0 Å². The van der Waals surface area contributed by atoms with Crippen molar-refractivity contribution in [2.24, 2.45) is 5.92 Å². The highest BCUT2D eigenvalue weighted by atomic mass is 32.2. The zero-order valence-electron chi connectivity index (χ0n) is 17.3. The number of amides is 1. The van der Waals surface area contributed by atoms with Crippen molar-refractivity contribution in [3.63, 3.8) is 0 Å². The van der Waals surface area contributed by atoms with Crippen LogP contribution in [0.1, 0.15) is 25.3 Å². The van der Waals surface area contributed by atoms with E-state index in [9.17, 15) is 9.59 Å². The number of piperidine rings is 1. The molecule has 0 radical (unpaired) electrons. The highest BCUT2D eigenvalue weighted by Gasteiger charge is 2.23. The van der Waals surface area contributed by atoms with Gasteiger partial charge in [0.05, 0.1) is 16.7 Å². The van der Waals surface area contributed by atoms with Crippen molar-refractivity contribution in [2.45, 2.75) is 37.9 Å². The highest BCUT2D eigenvalue weighted by Crippen LogP contribution is 2.23. The molecule has 1 aliphatic rings. The number of aromatic nitrogens is 2. The molecule has 2 heterocycles. The lowest BCUT2D eigenvalue weighted by Crippen LogP contribution is -2.40. The minimum Gasteiger partial charge on any atom is -0.342 e. The molecular weight excluding hydrogens is 394 g/mol. The summed E-state index contributed by atoms with van der Waals surface area (Å²) in [6.45, 7) is 4.09. The molecular formula is C24H27N3O2S. The molecule has 0 atom stereocenters. The van der Waals surface area contributed by atoms with Crippen molar-refractivity contribution < 1.29 is 4.79 Å². The van der Waals surface area contributed by atoms with Gasteiger partial charge in [-0.3, -0.25) is 14.2 Å². The van der Waals surface area contributed by atoms with Crippen LogP contribution in [0.25, 0.3) is 10.9 Å². The predicted octanol–water partition coefficient (Wildman–Crippen LogP) is 3.99. The second-order valence-corrected chi connectivity index (χ2v) is 8.71. The van der Waals surface area contributed by atoms with Crippen LogP contribution in [-0.4, -0.2) is 39.2 Å². The number of carbonyl (C=O) groups is 1. The third-order valence-corrected chi connectivity index (χ3v) is 6.76. The largest absolute Gasteiger partial charge is 0.342 e. The summed E-state index contributed by atoms with van der Waals surface area (Å²) in [5.74, 6) is 1.08. The van der Waals surface area contributed by atoms with Gasteiger partial charge in [-0.2, -0.15) is 0 Å². The van der Waals surface area contributed by atoms with Gasteiger partial charge in [0, 0.05) is 19.6 Å². The third kappa shape index (κ3) is 4.59. The SMILES string of the molecule is CCn1c(SCC(=O)N2CCC(Cc3ccccc3)CC2)nc2ccccc2c1=O. The van der Waals surface area contributed by atoms with E-state index < -0.39 is 0 Å². The van der Waals surface area contributed by atoms with E-state index in [1.54, 1.807) is 10.6 Å². The van der Waals surface area contributed by atoms with Crippen LogP contribution in [0.5, 0.6) is 0 Å². The van der Waals surface area contributed by atoms with Crippen molar-refractivity contribution in [3.05, 3.63) is 70.5 Å². The Bertz CT molecular complexity index is 1070. The molecule has 0 unspecified atom stereocenters. The van der Waals surface area contributed by atoms with Gasteiger partial charge in [-0.15, -0.1) is 0 Å². The first kappa shape index (κ1) is 20.7. The Kier molecular flexibility index (Phi) is 6.53. The topological polar surface area (TPSA) is 55.2 Å². The fourth-order valence-corrected chi connectivity index (χ4v) is 5.05. The van der Waals surface area contributed by atoms with Crippen LogP contribution >= 0.6 is 11.8 Å². The lowest BCUT2D eigenvalue weighted by Gasteiger charge is -2.32. The van der Waals surface area contributed by atoms with Crippen molar-refractivity contribution in [3.8, 4) is 0 Å². The first-order chi connectivity index (χ1) is 14.7. The Hall–Kier alpha value is -2.60. The Morgan fingerprint density at radius 1 is 1.07 bits per heavy atom. The van der Waals surface area contributed by atoms with Crippen molar-refractivity contribution in [2.75, 3.05) is 18.8 Å². The quantitative estimate of drug-likeness (QED) is 0.446. The molecule has 156 valence electrons. The molecule has 0 aliphatic carbocycles. The summed E-state index contributed by atoms with van der Waals surface area (Å²) in [6.07, 6.45) is 3.17. The fourth-order valence-electron chi connectivity index (χ4n) is 4.09. The molecule has 1 aromatic heterocycles. The number of hydrogen-bond acceptors (Lipinski definition) is 4. The number of fused-ring (bicyclic) bond motifs is 1. The molecule has 1 fully saturated rings. The van der Waals surface area contributed by atoms with E-state index in [4.69, 9.17) is 0 Å². The first-order valence-corrected chi connectivity index (χ1v) is 11.6. The summed E-state index contributed by atoms with van der Waals surface area (Å²) in [5.41, 5.74) is 2.02. The molecule has 2 aromatic carbocycles. The molecule has 1 aliphatic heterocycles. The van der Waals surface area contributed by atoms with Crippen LogP contribution in [0.4, 0.5) is 0 Å². The van der Waals surface area contributed by atoms with Gasteiger partial charge in [-0.05, 0) is 49.8 Å². The summed E-state index contributed by atoms with van der Waals surface area (Å²) in [7, 11) is 0. The van der Waals surface area contributed by atoms with Gasteiger partial charge in [-0.25, -0.2) is 4.98 Å². The zero-order valence-corrected chi connectivity index (χ0v) is 18.1. The maximum absolute atomic E-state index is 12.8. The molecule has 1 saturated heterocycles. The maximum atomic E-state index is 12.8. The Morgan fingerprint density at radius 3 is 2.50 bits per heavy atom. The van der Waals surface area contributed by atoms with E-state index in [2.05, 4.69) is 29.2 Å². The van der Waals surface area contributed by atoms with Crippen LogP contribution in [0.2, 0.25) is 0 Å². The number of para-hydroxylation sites is 1. The van der Waals surface area contributed by atoms with E-state index in [1.165, 1.54) is 17.3 Å². The van der Waals surface area contributed by atoms with Crippen LogP contribution in [-0.2, 0) is 17.8 Å². The van der Waals surface area contributed by atoms with Gasteiger partial charge in [-0.1, -0.05) is 54.2 Å². The van der Waals surface area contributed by atoms with Crippen LogP contribution in [0, 0.1) is 5.92 Å². The Labute approximate surface area is 181 Å². The summed E-state index contributed by atoms with van der Waals surface area (Å²) in [5, 5.41) is 1.24. The van der Waals surface area contributed by atoms with Crippen LogP contribution < -0.4 is 5.56 Å². The molecule has 0 bridgehead atoms. The van der Waals surface area contributed by atoms with E-state index in [-0.39, 0.29) is 11.5 Å². The predicted molar refractivity (Wildman–Crippen MR) is 122 cm³/mol. The second kappa shape index (κ2) is 9.47. The highest BCUT2D eigenvalue weighted by molar-refractivity contribution is 7.99. The number of likely N-dealkylation sites (tertiary alicyclic amines) is 1. The molecule has 30 heavy (non-hydrogen) atoms. The van der Waals surface area contributed by atoms with E-state index in [1.807, 2.05) is 36.1 Å². The fraction of sp³-hybridized carbons (Fsp3) is 0.375. The standard InChI is InChI=1S/C24H27N3O2S/c1-2-27-23(29)20-10-6-7-11-21(20)25-24(27)30-17-22(28)26-14-12-19(13-15-26)16-18-8-4-3-5-9-18/h3-11,19H,2,12-17H2,1H3. The van der Waals surface area contributed by atoms with Gasteiger partial charge in [0.15, 0.2) is 5.16 Å². The molecule has 6 heteroatoms. The van der Waals surface area contributed by atoms with Gasteiger partial charge in [0.1, 0.15) is 0 Å². The molecule has 0 spiro atoms. The van der Waals surface area contributed by atoms with Gasteiger partial charge >= 0.3 is 0 Å². The summed E-state index contributed by atoms with van der Waals surface area (Å²) in [6, 6.07) is 18.0. The van der Waals surface area contributed by atoms with Gasteiger partial charge in [0.25, 0.3) is 5.56 Å². The average Bonchev–Trinajstić information content (AvgIpc) is 2.79. The van der Waals surface area contributed by atoms with Gasteiger partial charge in [0.2, 0.25) is 5.91 Å². The minimum absolute atomic E-state index is 0.0419. The second-order valence-electron chi connectivity index (χ2n) is 7.76. The van der Waals surface area contributed by atoms with Gasteiger partial charge < -0.3 is 4.90 Å². The third-order valence-electron chi connectivity index (χ3n) is 5.80. The lowest BCUT2D eigenvalue weighted by atomic mass is 9.90. The summed E-state index contributed by atoms with van der Waals surface area (Å²) >= 11 is 1.37. The normalized spacial score (nSPS) is 14.9. The van der Waals surface area contributed by atoms with E-state index in [0.29, 0.717) is 34.3 Å². The zero-order chi connectivity index (χ0) is 20.9. The number of benzene rings is 2. The monoisotopic (exact) mass is 421 g/mol. The maximum Gasteiger partial charge on any atom is 0.262 e. The molecule has 1 amide bonds. The van der Waals surface area contributed by atoms with E-state index >= 15 is 0 Å². The minimum atomic E-state index is -0.0419.